The van der Waals surface area contributed by atoms with Gasteiger partial charge in [0, 0.05) is 17.7 Å². The van der Waals surface area contributed by atoms with E-state index in [0.717, 1.165) is 30.2 Å². The van der Waals surface area contributed by atoms with Crippen LogP contribution in [0.4, 0.5) is 0 Å². The Morgan fingerprint density at radius 1 is 1.33 bits per heavy atom. The van der Waals surface area contributed by atoms with Gasteiger partial charge in [-0.25, -0.2) is 4.79 Å². The van der Waals surface area contributed by atoms with Gasteiger partial charge in [-0.2, -0.15) is 0 Å². The molecule has 0 amide bonds. The van der Waals surface area contributed by atoms with Crippen molar-refractivity contribution in [2.75, 3.05) is 6.61 Å². The fourth-order valence-corrected chi connectivity index (χ4v) is 1.59. The molecule has 0 atom stereocenters. The van der Waals surface area contributed by atoms with Gasteiger partial charge in [0.2, 0.25) is 11.8 Å². The highest BCUT2D eigenvalue weighted by Crippen LogP contribution is 2.21. The number of ether oxygens (including phenoxy) is 1. The van der Waals surface area contributed by atoms with Crippen LogP contribution in [-0.4, -0.2) is 27.9 Å². The summed E-state index contributed by atoms with van der Waals surface area (Å²) < 4.78 is 10.9. The first-order valence-electron chi connectivity index (χ1n) is 6.67. The Morgan fingerprint density at radius 3 is 2.76 bits per heavy atom. The van der Waals surface area contributed by atoms with Crippen molar-refractivity contribution in [3.05, 3.63) is 36.2 Å². The number of hydrogen-bond acceptors (Lipinski definition) is 5. The van der Waals surface area contributed by atoms with Gasteiger partial charge in [-0.05, 0) is 30.7 Å². The fourth-order valence-electron chi connectivity index (χ4n) is 1.59. The smallest absolute Gasteiger partial charge is 0.328 e. The van der Waals surface area contributed by atoms with Gasteiger partial charge in [0.15, 0.2) is 0 Å². The van der Waals surface area contributed by atoms with Crippen LogP contribution in [0, 0.1) is 0 Å². The highest BCUT2D eigenvalue weighted by atomic mass is 16.5. The summed E-state index contributed by atoms with van der Waals surface area (Å²) in [6, 6.07) is 7.31. The van der Waals surface area contributed by atoms with Crippen molar-refractivity contribution in [2.24, 2.45) is 0 Å². The molecule has 0 unspecified atom stereocenters. The van der Waals surface area contributed by atoms with Gasteiger partial charge in [-0.15, -0.1) is 10.2 Å². The zero-order valence-corrected chi connectivity index (χ0v) is 11.7. The molecule has 21 heavy (non-hydrogen) atoms. The maximum atomic E-state index is 10.4. The molecule has 0 fully saturated rings. The summed E-state index contributed by atoms with van der Waals surface area (Å²) in [5, 5.41) is 16.1. The molecule has 0 aliphatic heterocycles. The van der Waals surface area contributed by atoms with E-state index in [2.05, 4.69) is 17.1 Å². The highest BCUT2D eigenvalue weighted by molar-refractivity contribution is 5.84. The van der Waals surface area contributed by atoms with Crippen molar-refractivity contribution in [1.82, 2.24) is 10.2 Å². The Balaban J connectivity index is 2.03. The van der Waals surface area contributed by atoms with E-state index in [1.807, 2.05) is 24.3 Å². The van der Waals surface area contributed by atoms with Crippen LogP contribution in [0.1, 0.15) is 25.7 Å². The normalized spacial score (nSPS) is 10.9. The van der Waals surface area contributed by atoms with Crippen LogP contribution in [0.5, 0.6) is 5.75 Å². The van der Waals surface area contributed by atoms with Crippen LogP contribution in [0.3, 0.4) is 0 Å². The SMILES string of the molecule is CCCCOc1ccc(-c2nnc(/C=C/C(=O)O)o2)cc1. The number of rotatable bonds is 7. The second-order valence-corrected chi connectivity index (χ2v) is 4.34. The summed E-state index contributed by atoms with van der Waals surface area (Å²) in [4.78, 5) is 10.4. The maximum Gasteiger partial charge on any atom is 0.328 e. The molecule has 0 saturated carbocycles. The molecule has 6 heteroatoms. The quantitative estimate of drug-likeness (QED) is 0.622. The van der Waals surface area contributed by atoms with Crippen molar-refractivity contribution in [2.45, 2.75) is 19.8 Å². The largest absolute Gasteiger partial charge is 0.494 e. The number of aromatic nitrogens is 2. The second kappa shape index (κ2) is 7.23. The Labute approximate surface area is 122 Å². The molecule has 2 rings (SSSR count). The Bertz CT molecular complexity index is 617. The molecule has 110 valence electrons. The van der Waals surface area contributed by atoms with Crippen molar-refractivity contribution in [3.63, 3.8) is 0 Å². The summed E-state index contributed by atoms with van der Waals surface area (Å²) in [6.45, 7) is 2.80. The molecule has 1 aromatic heterocycles. The van der Waals surface area contributed by atoms with Gasteiger partial charge in [-0.3, -0.25) is 0 Å². The van der Waals surface area contributed by atoms with Crippen molar-refractivity contribution in [1.29, 1.82) is 0 Å². The van der Waals surface area contributed by atoms with Crippen LogP contribution < -0.4 is 4.74 Å². The molecule has 0 bridgehead atoms. The lowest BCUT2D eigenvalue weighted by atomic mass is 10.2. The first kappa shape index (κ1) is 14.8. The number of hydrogen-bond donors (Lipinski definition) is 1. The molecular weight excluding hydrogens is 272 g/mol. The topological polar surface area (TPSA) is 85.5 Å². The van der Waals surface area contributed by atoms with E-state index >= 15 is 0 Å². The molecule has 0 aliphatic carbocycles. The van der Waals surface area contributed by atoms with Gasteiger partial charge in [0.1, 0.15) is 5.75 Å². The van der Waals surface area contributed by atoms with Crippen LogP contribution in [0.25, 0.3) is 17.5 Å². The summed E-state index contributed by atoms with van der Waals surface area (Å²) in [6.07, 6.45) is 4.31. The van der Waals surface area contributed by atoms with Crippen LogP contribution in [-0.2, 0) is 4.79 Å². The summed E-state index contributed by atoms with van der Waals surface area (Å²) in [5.41, 5.74) is 0.750. The average molecular weight is 288 g/mol. The van der Waals surface area contributed by atoms with E-state index in [0.29, 0.717) is 12.5 Å². The van der Waals surface area contributed by atoms with Crippen molar-refractivity contribution >= 4 is 12.0 Å². The van der Waals surface area contributed by atoms with Crippen LogP contribution >= 0.6 is 0 Å². The highest BCUT2D eigenvalue weighted by Gasteiger charge is 2.07. The minimum absolute atomic E-state index is 0.149. The number of carboxylic acids is 1. The van der Waals surface area contributed by atoms with Gasteiger partial charge >= 0.3 is 5.97 Å². The summed E-state index contributed by atoms with van der Waals surface area (Å²) in [7, 11) is 0. The van der Waals surface area contributed by atoms with Gasteiger partial charge < -0.3 is 14.3 Å². The molecule has 0 aliphatic rings. The molecule has 0 radical (unpaired) electrons. The second-order valence-electron chi connectivity index (χ2n) is 4.34. The predicted molar refractivity (Wildman–Crippen MR) is 76.8 cm³/mol. The lowest BCUT2D eigenvalue weighted by Gasteiger charge is -2.04. The molecule has 1 heterocycles. The number of carboxylic acid groups (broad SMARTS) is 1. The standard InChI is InChI=1S/C15H16N2O4/c1-2-3-10-20-12-6-4-11(5-7-12)15-17-16-13(21-15)8-9-14(18)19/h4-9H,2-3,10H2,1H3,(H,18,19)/b9-8+. The maximum absolute atomic E-state index is 10.4. The molecule has 0 saturated heterocycles. The predicted octanol–water partition coefficient (Wildman–Crippen LogP) is 3.01. The zero-order valence-electron chi connectivity index (χ0n) is 11.7. The van der Waals surface area contributed by atoms with E-state index in [1.54, 1.807) is 0 Å². The van der Waals surface area contributed by atoms with Gasteiger partial charge in [0.25, 0.3) is 0 Å². The average Bonchev–Trinajstić information content (AvgIpc) is 2.95. The minimum Gasteiger partial charge on any atom is -0.494 e. The third kappa shape index (κ3) is 4.45. The number of benzene rings is 1. The monoisotopic (exact) mass is 288 g/mol. The van der Waals surface area contributed by atoms with Crippen molar-refractivity contribution in [3.8, 4) is 17.2 Å². The van der Waals surface area contributed by atoms with Crippen LogP contribution in [0.2, 0.25) is 0 Å². The molecule has 2 aromatic rings. The fraction of sp³-hybridized carbons (Fsp3) is 0.267. The Hall–Kier alpha value is -2.63. The number of unbranched alkanes of at least 4 members (excludes halogenated alkanes) is 1. The molecule has 1 aromatic carbocycles. The molecular formula is C15H16N2O4. The Kier molecular flexibility index (Phi) is 5.09. The third-order valence-corrected chi connectivity index (χ3v) is 2.68. The minimum atomic E-state index is -1.07. The number of carbonyl (C=O) groups is 1. The molecule has 0 spiro atoms. The summed E-state index contributed by atoms with van der Waals surface area (Å²) in [5.74, 6) is 0.205. The zero-order chi connectivity index (χ0) is 15.1. The Morgan fingerprint density at radius 2 is 2.10 bits per heavy atom. The van der Waals surface area contributed by atoms with E-state index in [9.17, 15) is 4.79 Å². The third-order valence-electron chi connectivity index (χ3n) is 2.68. The molecule has 1 N–H and O–H groups in total. The lowest BCUT2D eigenvalue weighted by molar-refractivity contribution is -0.131. The van der Waals surface area contributed by atoms with E-state index in [1.165, 1.54) is 6.08 Å². The number of aliphatic carboxylic acids is 1. The lowest BCUT2D eigenvalue weighted by Crippen LogP contribution is -1.95. The van der Waals surface area contributed by atoms with Crippen LogP contribution in [0.15, 0.2) is 34.8 Å². The number of nitrogens with zero attached hydrogens (tertiary/aromatic N) is 2. The van der Waals surface area contributed by atoms with Gasteiger partial charge in [-0.1, -0.05) is 13.3 Å². The van der Waals surface area contributed by atoms with E-state index in [4.69, 9.17) is 14.3 Å². The van der Waals surface area contributed by atoms with E-state index in [-0.39, 0.29) is 5.89 Å². The first-order valence-corrected chi connectivity index (χ1v) is 6.67. The first-order chi connectivity index (χ1) is 10.2. The summed E-state index contributed by atoms with van der Waals surface area (Å²) >= 11 is 0. The molecule has 6 nitrogen and oxygen atoms in total. The van der Waals surface area contributed by atoms with E-state index < -0.39 is 5.97 Å². The van der Waals surface area contributed by atoms with Crippen molar-refractivity contribution < 1.29 is 19.1 Å². The van der Waals surface area contributed by atoms with Gasteiger partial charge in [0.05, 0.1) is 6.61 Å².